The number of nitrogens with zero attached hydrogens (tertiary/aromatic N) is 3. The van der Waals surface area contributed by atoms with Crippen LogP contribution in [0.5, 0.6) is 0 Å². The second kappa shape index (κ2) is 12.5. The first-order chi connectivity index (χ1) is 15.2. The highest BCUT2D eigenvalue weighted by Crippen LogP contribution is 2.19. The summed E-state index contributed by atoms with van der Waals surface area (Å²) < 4.78 is 16.7. The maximum absolute atomic E-state index is 5.97. The number of ether oxygens (including phenoxy) is 2. The fraction of sp³-hybridized carbons (Fsp3) is 0.583. The summed E-state index contributed by atoms with van der Waals surface area (Å²) in [6, 6.07) is 8.22. The minimum Gasteiger partial charge on any atom is -0.444 e. The number of hydrogen-bond acceptors (Lipinski definition) is 5. The molecule has 0 unspecified atom stereocenters. The third-order valence-electron chi connectivity index (χ3n) is 5.40. The van der Waals surface area contributed by atoms with E-state index in [-0.39, 0.29) is 0 Å². The number of likely N-dealkylation sites (tertiary alicyclic amines) is 1. The maximum Gasteiger partial charge on any atom is 0.226 e. The van der Waals surface area contributed by atoms with E-state index in [4.69, 9.17) is 18.9 Å². The maximum atomic E-state index is 5.97. The Morgan fingerprint density at radius 3 is 2.71 bits per heavy atom. The quantitative estimate of drug-likeness (QED) is 0.354. The number of guanidine groups is 1. The largest absolute Gasteiger partial charge is 0.444 e. The van der Waals surface area contributed by atoms with Crippen LogP contribution in [0.25, 0.3) is 11.5 Å². The van der Waals surface area contributed by atoms with Gasteiger partial charge >= 0.3 is 0 Å². The summed E-state index contributed by atoms with van der Waals surface area (Å²) in [6.07, 6.45) is 5.84. The van der Waals surface area contributed by atoms with Gasteiger partial charge in [-0.2, -0.15) is 0 Å². The molecule has 0 aliphatic carbocycles. The molecule has 1 fully saturated rings. The van der Waals surface area contributed by atoms with E-state index < -0.39 is 0 Å². The summed E-state index contributed by atoms with van der Waals surface area (Å²) >= 11 is 0. The van der Waals surface area contributed by atoms with Crippen molar-refractivity contribution in [2.45, 2.75) is 45.6 Å². The molecule has 1 aliphatic rings. The molecule has 7 heteroatoms. The van der Waals surface area contributed by atoms with Gasteiger partial charge in [0.1, 0.15) is 6.26 Å². The average molecular weight is 429 g/mol. The molecule has 1 aromatic carbocycles. The molecule has 0 saturated carbocycles. The second-order valence-electron chi connectivity index (χ2n) is 7.90. The number of aryl methyl sites for hydroxylation is 1. The Morgan fingerprint density at radius 1 is 1.23 bits per heavy atom. The minimum atomic E-state index is 0.339. The molecule has 2 aromatic rings. The highest BCUT2D eigenvalue weighted by atomic mass is 16.5. The van der Waals surface area contributed by atoms with Crippen LogP contribution in [-0.4, -0.2) is 68.4 Å². The molecular weight excluding hydrogens is 392 g/mol. The smallest absolute Gasteiger partial charge is 0.226 e. The van der Waals surface area contributed by atoms with Gasteiger partial charge in [0.15, 0.2) is 5.96 Å². The molecule has 0 amide bonds. The molecule has 0 spiro atoms. The van der Waals surface area contributed by atoms with Crippen LogP contribution in [0.3, 0.4) is 0 Å². The van der Waals surface area contributed by atoms with E-state index in [0.29, 0.717) is 18.5 Å². The predicted octanol–water partition coefficient (Wildman–Crippen LogP) is 3.68. The molecular formula is C24H36N4O3. The molecule has 31 heavy (non-hydrogen) atoms. The molecule has 0 atom stereocenters. The summed E-state index contributed by atoms with van der Waals surface area (Å²) in [5.41, 5.74) is 3.15. The van der Waals surface area contributed by atoms with Crippen LogP contribution < -0.4 is 5.32 Å². The number of hydrogen-bond donors (Lipinski definition) is 1. The van der Waals surface area contributed by atoms with Gasteiger partial charge in [-0.25, -0.2) is 4.98 Å². The van der Waals surface area contributed by atoms with Crippen LogP contribution in [0, 0.1) is 6.92 Å². The monoisotopic (exact) mass is 428 g/mol. The van der Waals surface area contributed by atoms with Crippen molar-refractivity contribution in [2.75, 3.05) is 46.5 Å². The van der Waals surface area contributed by atoms with Crippen LogP contribution in [0.4, 0.5) is 0 Å². The topological polar surface area (TPSA) is 72.1 Å². The second-order valence-corrected chi connectivity index (χ2v) is 7.90. The van der Waals surface area contributed by atoms with E-state index in [0.717, 1.165) is 75.7 Å². The van der Waals surface area contributed by atoms with Crippen LogP contribution in [0.2, 0.25) is 0 Å². The molecule has 1 aliphatic heterocycles. The lowest BCUT2D eigenvalue weighted by Crippen LogP contribution is -2.47. The standard InChI is InChI=1S/C24H36N4O3/c1-4-25-24(28-14-11-22(12-15-28)30-17-5-16-29-3)26-13-10-21-18-31-23(27-21)20-8-6-19(2)7-9-20/h6-9,18,22H,4-5,10-17H2,1-3H3,(H,25,26). The van der Waals surface area contributed by atoms with Crippen molar-refractivity contribution in [3.8, 4) is 11.5 Å². The van der Waals surface area contributed by atoms with E-state index in [2.05, 4.69) is 41.2 Å². The number of piperidine rings is 1. The highest BCUT2D eigenvalue weighted by Gasteiger charge is 2.21. The van der Waals surface area contributed by atoms with E-state index >= 15 is 0 Å². The van der Waals surface area contributed by atoms with Gasteiger partial charge in [-0.05, 0) is 45.2 Å². The Bertz CT molecular complexity index is 795. The Hall–Kier alpha value is -2.38. The number of aliphatic imine (C=N–C) groups is 1. The Balaban J connectivity index is 1.47. The van der Waals surface area contributed by atoms with Crippen molar-refractivity contribution in [3.63, 3.8) is 0 Å². The van der Waals surface area contributed by atoms with Gasteiger partial charge in [0.05, 0.1) is 11.8 Å². The molecule has 170 valence electrons. The van der Waals surface area contributed by atoms with Crippen molar-refractivity contribution in [3.05, 3.63) is 41.8 Å². The molecule has 0 bridgehead atoms. The van der Waals surface area contributed by atoms with Gasteiger partial charge in [0.25, 0.3) is 0 Å². The molecule has 0 radical (unpaired) electrons. The number of rotatable bonds is 10. The molecule has 1 N–H and O–H groups in total. The molecule has 7 nitrogen and oxygen atoms in total. The number of oxazole rings is 1. The van der Waals surface area contributed by atoms with E-state index in [1.807, 2.05) is 12.1 Å². The number of nitrogens with one attached hydrogen (secondary N) is 1. The lowest BCUT2D eigenvalue weighted by molar-refractivity contribution is 0.00991. The van der Waals surface area contributed by atoms with E-state index in [9.17, 15) is 0 Å². The van der Waals surface area contributed by atoms with Crippen molar-refractivity contribution in [1.29, 1.82) is 0 Å². The normalized spacial score (nSPS) is 15.5. The summed E-state index contributed by atoms with van der Waals surface area (Å²) in [7, 11) is 1.73. The van der Waals surface area contributed by atoms with Crippen molar-refractivity contribution < 1.29 is 13.9 Å². The van der Waals surface area contributed by atoms with Crippen molar-refractivity contribution >= 4 is 5.96 Å². The van der Waals surface area contributed by atoms with Crippen LogP contribution in [0.15, 0.2) is 39.9 Å². The fourth-order valence-corrected chi connectivity index (χ4v) is 3.64. The zero-order valence-electron chi connectivity index (χ0n) is 19.1. The van der Waals surface area contributed by atoms with Gasteiger partial charge in [0.2, 0.25) is 5.89 Å². The molecule has 1 saturated heterocycles. The Kier molecular flexibility index (Phi) is 9.37. The molecule has 2 heterocycles. The van der Waals surface area contributed by atoms with Gasteiger partial charge in [-0.3, -0.25) is 4.99 Å². The summed E-state index contributed by atoms with van der Waals surface area (Å²) in [4.78, 5) is 11.8. The average Bonchev–Trinajstić information content (AvgIpc) is 3.26. The minimum absolute atomic E-state index is 0.339. The van der Waals surface area contributed by atoms with Crippen molar-refractivity contribution in [1.82, 2.24) is 15.2 Å². The number of aromatic nitrogens is 1. The van der Waals surface area contributed by atoms with E-state index in [1.54, 1.807) is 13.4 Å². The zero-order chi connectivity index (χ0) is 21.9. The van der Waals surface area contributed by atoms with Gasteiger partial charge < -0.3 is 24.1 Å². The lowest BCUT2D eigenvalue weighted by Gasteiger charge is -2.34. The first-order valence-corrected chi connectivity index (χ1v) is 11.3. The third-order valence-corrected chi connectivity index (χ3v) is 5.40. The Morgan fingerprint density at radius 2 is 2.00 bits per heavy atom. The third kappa shape index (κ3) is 7.36. The fourth-order valence-electron chi connectivity index (χ4n) is 3.64. The lowest BCUT2D eigenvalue weighted by atomic mass is 10.1. The number of benzene rings is 1. The summed E-state index contributed by atoms with van der Waals surface area (Å²) in [5.74, 6) is 1.64. The number of methoxy groups -OCH3 is 1. The van der Waals surface area contributed by atoms with E-state index in [1.165, 1.54) is 5.56 Å². The summed E-state index contributed by atoms with van der Waals surface area (Å²) in [6.45, 7) is 9.16. The van der Waals surface area contributed by atoms with Gasteiger partial charge in [0, 0.05) is 58.5 Å². The highest BCUT2D eigenvalue weighted by molar-refractivity contribution is 5.80. The zero-order valence-corrected chi connectivity index (χ0v) is 19.1. The Labute approximate surface area is 185 Å². The molecule has 1 aromatic heterocycles. The van der Waals surface area contributed by atoms with Crippen LogP contribution >= 0.6 is 0 Å². The first-order valence-electron chi connectivity index (χ1n) is 11.3. The van der Waals surface area contributed by atoms with Crippen LogP contribution in [0.1, 0.15) is 37.4 Å². The van der Waals surface area contributed by atoms with Gasteiger partial charge in [-0.15, -0.1) is 0 Å². The predicted molar refractivity (Wildman–Crippen MR) is 123 cm³/mol. The van der Waals surface area contributed by atoms with Gasteiger partial charge in [-0.1, -0.05) is 17.7 Å². The first kappa shape index (κ1) is 23.3. The van der Waals surface area contributed by atoms with Crippen molar-refractivity contribution in [2.24, 2.45) is 4.99 Å². The SMILES string of the molecule is CCNC(=NCCc1coc(-c2ccc(C)cc2)n1)N1CCC(OCCCOC)CC1. The van der Waals surface area contributed by atoms with Crippen LogP contribution in [-0.2, 0) is 15.9 Å². The molecule has 3 rings (SSSR count). The summed E-state index contributed by atoms with van der Waals surface area (Å²) in [5, 5.41) is 3.42.